The fraction of sp³-hybridized carbons (Fsp3) is 0.571. The molecule has 2 heterocycles. The maximum Gasteiger partial charge on any atom is 0.143 e. The molecule has 2 rings (SSSR count). The van der Waals surface area contributed by atoms with Crippen LogP contribution in [0.2, 0.25) is 0 Å². The lowest BCUT2D eigenvalue weighted by Gasteiger charge is -2.38. The summed E-state index contributed by atoms with van der Waals surface area (Å²) in [6, 6.07) is 5.76. The third-order valence-electron chi connectivity index (χ3n) is 3.80. The van der Waals surface area contributed by atoms with Gasteiger partial charge in [-0.2, -0.15) is 5.26 Å². The van der Waals surface area contributed by atoms with Gasteiger partial charge in [0.1, 0.15) is 11.9 Å². The Morgan fingerprint density at radius 2 is 2.22 bits per heavy atom. The van der Waals surface area contributed by atoms with Crippen LogP contribution in [0.5, 0.6) is 0 Å². The molecule has 0 unspecified atom stereocenters. The number of anilines is 1. The SMILES string of the molecule is CN1CCC(C)(CNc2ncccc2C#N)CC1. The number of nitriles is 1. The number of piperidine rings is 1. The molecule has 0 amide bonds. The Morgan fingerprint density at radius 3 is 2.89 bits per heavy atom. The Balaban J connectivity index is 1.97. The van der Waals surface area contributed by atoms with Crippen molar-refractivity contribution < 1.29 is 0 Å². The Morgan fingerprint density at radius 1 is 1.50 bits per heavy atom. The fourth-order valence-corrected chi connectivity index (χ4v) is 2.27. The molecule has 1 saturated heterocycles. The lowest BCUT2D eigenvalue weighted by molar-refractivity contribution is 0.150. The second kappa shape index (κ2) is 5.36. The molecule has 1 aliphatic rings. The molecule has 1 aromatic rings. The lowest BCUT2D eigenvalue weighted by Crippen LogP contribution is -2.40. The Hall–Kier alpha value is -1.60. The van der Waals surface area contributed by atoms with Crippen molar-refractivity contribution in [2.75, 3.05) is 32.0 Å². The van der Waals surface area contributed by atoms with E-state index in [0.29, 0.717) is 16.8 Å². The normalized spacial score (nSPS) is 19.2. The van der Waals surface area contributed by atoms with Crippen molar-refractivity contribution in [1.82, 2.24) is 9.88 Å². The molecular formula is C14H20N4. The predicted octanol–water partition coefficient (Wildman–Crippen LogP) is 2.10. The summed E-state index contributed by atoms with van der Waals surface area (Å²) in [4.78, 5) is 6.60. The summed E-state index contributed by atoms with van der Waals surface area (Å²) in [5, 5.41) is 12.4. The molecule has 0 bridgehead atoms. The van der Waals surface area contributed by atoms with E-state index in [-0.39, 0.29) is 0 Å². The van der Waals surface area contributed by atoms with Crippen LogP contribution in [-0.2, 0) is 0 Å². The second-order valence-corrected chi connectivity index (χ2v) is 5.48. The third-order valence-corrected chi connectivity index (χ3v) is 3.80. The van der Waals surface area contributed by atoms with Crippen LogP contribution in [0, 0.1) is 16.7 Å². The van der Waals surface area contributed by atoms with Gasteiger partial charge in [-0.15, -0.1) is 0 Å². The smallest absolute Gasteiger partial charge is 0.143 e. The summed E-state index contributed by atoms with van der Waals surface area (Å²) < 4.78 is 0. The summed E-state index contributed by atoms with van der Waals surface area (Å²) in [5.41, 5.74) is 0.922. The van der Waals surface area contributed by atoms with Crippen LogP contribution >= 0.6 is 0 Å². The summed E-state index contributed by atoms with van der Waals surface area (Å²) in [6.45, 7) is 5.48. The topological polar surface area (TPSA) is 52.0 Å². The van der Waals surface area contributed by atoms with Crippen LogP contribution in [0.1, 0.15) is 25.3 Å². The number of hydrogen-bond acceptors (Lipinski definition) is 4. The molecule has 1 aromatic heterocycles. The van der Waals surface area contributed by atoms with Gasteiger partial charge < -0.3 is 10.2 Å². The number of pyridine rings is 1. The standard InChI is InChI=1S/C14H20N4/c1-14(5-8-18(2)9-6-14)11-17-13-12(10-15)4-3-7-16-13/h3-4,7H,5-6,8-9,11H2,1-2H3,(H,16,17). The minimum atomic E-state index is 0.302. The number of nitrogens with zero attached hydrogens (tertiary/aromatic N) is 3. The monoisotopic (exact) mass is 244 g/mol. The van der Waals surface area contributed by atoms with E-state index in [9.17, 15) is 0 Å². The van der Waals surface area contributed by atoms with E-state index in [1.54, 1.807) is 18.3 Å². The van der Waals surface area contributed by atoms with Gasteiger partial charge in [-0.1, -0.05) is 6.92 Å². The van der Waals surface area contributed by atoms with Gasteiger partial charge in [0, 0.05) is 12.7 Å². The highest BCUT2D eigenvalue weighted by atomic mass is 15.1. The zero-order valence-electron chi connectivity index (χ0n) is 11.1. The molecule has 18 heavy (non-hydrogen) atoms. The Labute approximate surface area is 109 Å². The number of nitrogens with one attached hydrogen (secondary N) is 1. The van der Waals surface area contributed by atoms with Crippen LogP contribution in [0.25, 0.3) is 0 Å². The average molecular weight is 244 g/mol. The highest BCUT2D eigenvalue weighted by Gasteiger charge is 2.28. The molecule has 0 saturated carbocycles. The summed E-state index contributed by atoms with van der Waals surface area (Å²) >= 11 is 0. The maximum atomic E-state index is 9.02. The number of likely N-dealkylation sites (tertiary alicyclic amines) is 1. The zero-order valence-corrected chi connectivity index (χ0v) is 11.1. The molecule has 4 nitrogen and oxygen atoms in total. The maximum absolute atomic E-state index is 9.02. The van der Waals surface area contributed by atoms with Gasteiger partial charge in [-0.25, -0.2) is 4.98 Å². The first-order valence-corrected chi connectivity index (χ1v) is 6.40. The van der Waals surface area contributed by atoms with Gasteiger partial charge in [-0.3, -0.25) is 0 Å². The molecule has 0 atom stereocenters. The Kier molecular flexibility index (Phi) is 3.83. The molecule has 0 spiro atoms. The van der Waals surface area contributed by atoms with E-state index in [4.69, 9.17) is 5.26 Å². The summed E-state index contributed by atoms with van der Waals surface area (Å²) in [5.74, 6) is 0.708. The first kappa shape index (κ1) is 12.8. The van der Waals surface area contributed by atoms with E-state index >= 15 is 0 Å². The van der Waals surface area contributed by atoms with Gasteiger partial charge in [-0.05, 0) is 50.5 Å². The molecule has 1 aliphatic heterocycles. The Bertz CT molecular complexity index is 441. The van der Waals surface area contributed by atoms with E-state index < -0.39 is 0 Å². The summed E-state index contributed by atoms with van der Waals surface area (Å²) in [7, 11) is 2.17. The molecular weight excluding hydrogens is 224 g/mol. The zero-order chi connectivity index (χ0) is 13.0. The minimum absolute atomic E-state index is 0.302. The van der Waals surface area contributed by atoms with Crippen molar-refractivity contribution in [2.45, 2.75) is 19.8 Å². The van der Waals surface area contributed by atoms with E-state index in [1.807, 2.05) is 0 Å². The first-order chi connectivity index (χ1) is 8.63. The van der Waals surface area contributed by atoms with Crippen molar-refractivity contribution in [2.24, 2.45) is 5.41 Å². The molecule has 4 heteroatoms. The number of rotatable bonds is 3. The molecule has 0 aromatic carbocycles. The van der Waals surface area contributed by atoms with E-state index in [2.05, 4.69) is 35.2 Å². The largest absolute Gasteiger partial charge is 0.368 e. The van der Waals surface area contributed by atoms with Crippen LogP contribution in [0.4, 0.5) is 5.82 Å². The van der Waals surface area contributed by atoms with Crippen LogP contribution in [0.3, 0.4) is 0 Å². The van der Waals surface area contributed by atoms with Crippen molar-refractivity contribution in [3.8, 4) is 6.07 Å². The average Bonchev–Trinajstić information content (AvgIpc) is 2.41. The molecule has 0 aliphatic carbocycles. The second-order valence-electron chi connectivity index (χ2n) is 5.48. The fourth-order valence-electron chi connectivity index (χ4n) is 2.27. The quantitative estimate of drug-likeness (QED) is 0.884. The molecule has 1 fully saturated rings. The van der Waals surface area contributed by atoms with Gasteiger partial charge >= 0.3 is 0 Å². The number of hydrogen-bond donors (Lipinski definition) is 1. The predicted molar refractivity (Wildman–Crippen MR) is 72.3 cm³/mol. The lowest BCUT2D eigenvalue weighted by atomic mass is 9.80. The third kappa shape index (κ3) is 2.99. The van der Waals surface area contributed by atoms with Crippen LogP contribution in [-0.4, -0.2) is 36.6 Å². The van der Waals surface area contributed by atoms with Crippen LogP contribution < -0.4 is 5.32 Å². The summed E-state index contributed by atoms with van der Waals surface area (Å²) in [6.07, 6.45) is 4.09. The number of aromatic nitrogens is 1. The van der Waals surface area contributed by atoms with Gasteiger partial charge in [0.15, 0.2) is 0 Å². The molecule has 96 valence electrons. The van der Waals surface area contributed by atoms with Gasteiger partial charge in [0.25, 0.3) is 0 Å². The van der Waals surface area contributed by atoms with Crippen molar-refractivity contribution >= 4 is 5.82 Å². The minimum Gasteiger partial charge on any atom is -0.368 e. The van der Waals surface area contributed by atoms with Crippen molar-refractivity contribution in [3.05, 3.63) is 23.9 Å². The van der Waals surface area contributed by atoms with Gasteiger partial charge in [0.05, 0.1) is 5.56 Å². The molecule has 1 N–H and O–H groups in total. The van der Waals surface area contributed by atoms with Crippen molar-refractivity contribution in [3.63, 3.8) is 0 Å². The van der Waals surface area contributed by atoms with Crippen molar-refractivity contribution in [1.29, 1.82) is 5.26 Å². The first-order valence-electron chi connectivity index (χ1n) is 6.40. The molecule has 0 radical (unpaired) electrons. The highest BCUT2D eigenvalue weighted by Crippen LogP contribution is 2.30. The van der Waals surface area contributed by atoms with Crippen LogP contribution in [0.15, 0.2) is 18.3 Å². The van der Waals surface area contributed by atoms with Gasteiger partial charge in [0.2, 0.25) is 0 Å². The van der Waals surface area contributed by atoms with E-state index in [0.717, 1.165) is 19.6 Å². The van der Waals surface area contributed by atoms with E-state index in [1.165, 1.54) is 12.8 Å². The highest BCUT2D eigenvalue weighted by molar-refractivity contribution is 5.51.